The zero-order chi connectivity index (χ0) is 16.0. The molecule has 0 unspecified atom stereocenters. The molecule has 0 aliphatic heterocycles. The van der Waals surface area contributed by atoms with E-state index in [1.165, 1.54) is 26.4 Å². The van der Waals surface area contributed by atoms with Crippen molar-refractivity contribution in [3.8, 4) is 11.8 Å². The van der Waals surface area contributed by atoms with Crippen LogP contribution in [0.15, 0.2) is 21.7 Å². The van der Waals surface area contributed by atoms with Gasteiger partial charge in [0.25, 0.3) is 0 Å². The number of ether oxygens (including phenoxy) is 2. The lowest BCUT2D eigenvalue weighted by Gasteiger charge is -2.11. The van der Waals surface area contributed by atoms with Crippen LogP contribution < -0.4 is 15.9 Å². The van der Waals surface area contributed by atoms with E-state index in [1.54, 1.807) is 6.07 Å². The number of carbonyl (C=O) groups is 1. The fourth-order valence-corrected chi connectivity index (χ4v) is 1.77. The standard InChI is InChI=1S/C12H12BrN5O3/c1-20-10-4-8(17-18-9(5-14)11(15)16)7(13)3-6(10)12(19)21-2/h3-4,17H,1-2H3,(H3,15,16)/b18-9+. The number of nitriles is 1. The van der Waals surface area contributed by atoms with Gasteiger partial charge in [0.15, 0.2) is 5.84 Å². The smallest absolute Gasteiger partial charge is 0.341 e. The number of hydrogen-bond acceptors (Lipinski definition) is 7. The van der Waals surface area contributed by atoms with Crippen LogP contribution in [-0.4, -0.2) is 31.7 Å². The summed E-state index contributed by atoms with van der Waals surface area (Å²) in [6.07, 6.45) is 0. The Morgan fingerprint density at radius 2 is 2.19 bits per heavy atom. The average Bonchev–Trinajstić information content (AvgIpc) is 2.47. The summed E-state index contributed by atoms with van der Waals surface area (Å²) in [4.78, 5) is 11.6. The summed E-state index contributed by atoms with van der Waals surface area (Å²) in [5.74, 6) is -0.743. The number of amidine groups is 1. The van der Waals surface area contributed by atoms with E-state index in [0.717, 1.165) is 0 Å². The van der Waals surface area contributed by atoms with E-state index >= 15 is 0 Å². The zero-order valence-electron chi connectivity index (χ0n) is 11.2. The minimum Gasteiger partial charge on any atom is -0.496 e. The van der Waals surface area contributed by atoms with Crippen molar-refractivity contribution < 1.29 is 14.3 Å². The molecule has 9 heteroatoms. The molecule has 0 radical (unpaired) electrons. The lowest BCUT2D eigenvalue weighted by molar-refractivity contribution is 0.0597. The van der Waals surface area contributed by atoms with Crippen molar-refractivity contribution in [2.24, 2.45) is 10.8 Å². The molecule has 0 spiro atoms. The maximum absolute atomic E-state index is 11.6. The van der Waals surface area contributed by atoms with Crippen molar-refractivity contribution in [1.82, 2.24) is 0 Å². The third-order valence-corrected chi connectivity index (χ3v) is 3.00. The number of esters is 1. The minimum atomic E-state index is -0.552. The second-order valence-corrected chi connectivity index (χ2v) is 4.48. The first-order chi connectivity index (χ1) is 9.94. The molecule has 21 heavy (non-hydrogen) atoms. The number of nitrogens with one attached hydrogen (secondary N) is 2. The summed E-state index contributed by atoms with van der Waals surface area (Å²) < 4.78 is 10.2. The molecular weight excluding hydrogens is 342 g/mol. The van der Waals surface area contributed by atoms with Gasteiger partial charge in [0.05, 0.1) is 19.9 Å². The predicted molar refractivity (Wildman–Crippen MR) is 80.6 cm³/mol. The third-order valence-electron chi connectivity index (χ3n) is 2.34. The van der Waals surface area contributed by atoms with E-state index in [4.69, 9.17) is 21.1 Å². The lowest BCUT2D eigenvalue weighted by Crippen LogP contribution is -2.21. The van der Waals surface area contributed by atoms with Crippen LogP contribution >= 0.6 is 15.9 Å². The summed E-state index contributed by atoms with van der Waals surface area (Å²) in [6.45, 7) is 0. The van der Waals surface area contributed by atoms with Crippen molar-refractivity contribution in [3.05, 3.63) is 22.2 Å². The number of hydrogen-bond donors (Lipinski definition) is 3. The summed E-state index contributed by atoms with van der Waals surface area (Å²) in [5, 5.41) is 19.6. The molecule has 0 amide bonds. The van der Waals surface area contributed by atoms with Crippen LogP contribution in [0.25, 0.3) is 0 Å². The summed E-state index contributed by atoms with van der Waals surface area (Å²) >= 11 is 3.25. The third kappa shape index (κ3) is 3.93. The van der Waals surface area contributed by atoms with Crippen LogP contribution in [0.1, 0.15) is 10.4 Å². The Hall–Kier alpha value is -2.60. The van der Waals surface area contributed by atoms with E-state index in [0.29, 0.717) is 10.2 Å². The molecule has 1 aromatic rings. The van der Waals surface area contributed by atoms with Crippen LogP contribution in [0.2, 0.25) is 0 Å². The van der Waals surface area contributed by atoms with Crippen molar-refractivity contribution in [2.45, 2.75) is 0 Å². The quantitative estimate of drug-likeness (QED) is 0.317. The molecule has 0 fully saturated rings. The highest BCUT2D eigenvalue weighted by atomic mass is 79.9. The molecule has 0 aliphatic rings. The van der Waals surface area contributed by atoms with Gasteiger partial charge >= 0.3 is 5.97 Å². The Bertz CT molecular complexity index is 651. The number of benzene rings is 1. The molecule has 0 bridgehead atoms. The molecule has 0 aromatic heterocycles. The van der Waals surface area contributed by atoms with Crippen molar-refractivity contribution >= 4 is 39.1 Å². The Morgan fingerprint density at radius 1 is 1.52 bits per heavy atom. The lowest BCUT2D eigenvalue weighted by atomic mass is 10.2. The van der Waals surface area contributed by atoms with Gasteiger partial charge in [-0.3, -0.25) is 10.8 Å². The van der Waals surface area contributed by atoms with Gasteiger partial charge in [-0.05, 0) is 22.0 Å². The predicted octanol–water partition coefficient (Wildman–Crippen LogP) is 1.47. The fourth-order valence-electron chi connectivity index (χ4n) is 1.34. The Balaban J connectivity index is 3.19. The van der Waals surface area contributed by atoms with Crippen LogP contribution in [0.4, 0.5) is 5.69 Å². The largest absolute Gasteiger partial charge is 0.496 e. The molecule has 1 aromatic carbocycles. The molecule has 0 saturated carbocycles. The molecule has 0 heterocycles. The monoisotopic (exact) mass is 353 g/mol. The SMILES string of the molecule is COC(=O)c1cc(Br)c(N/N=C(\C#N)C(=N)N)cc1OC. The van der Waals surface area contributed by atoms with Gasteiger partial charge in [-0.25, -0.2) is 4.79 Å². The van der Waals surface area contributed by atoms with Crippen LogP contribution in [0.3, 0.4) is 0 Å². The molecular formula is C12H12BrN5O3. The van der Waals surface area contributed by atoms with Gasteiger partial charge in [-0.15, -0.1) is 0 Å². The van der Waals surface area contributed by atoms with E-state index in [9.17, 15) is 4.79 Å². The van der Waals surface area contributed by atoms with Crippen molar-refractivity contribution in [3.63, 3.8) is 0 Å². The molecule has 0 atom stereocenters. The first kappa shape index (κ1) is 16.5. The zero-order valence-corrected chi connectivity index (χ0v) is 12.8. The van der Waals surface area contributed by atoms with Crippen molar-refractivity contribution in [2.75, 3.05) is 19.6 Å². The normalized spacial score (nSPS) is 10.5. The number of nitrogens with zero attached hydrogens (tertiary/aromatic N) is 2. The Kier molecular flexibility index (Phi) is 5.68. The van der Waals surface area contributed by atoms with E-state index in [-0.39, 0.29) is 17.0 Å². The summed E-state index contributed by atoms with van der Waals surface area (Å²) in [5.41, 5.74) is 8.14. The number of nitrogens with two attached hydrogens (primary N) is 1. The van der Waals surface area contributed by atoms with Gasteiger partial charge in [0, 0.05) is 10.5 Å². The van der Waals surface area contributed by atoms with Gasteiger partial charge in [-0.2, -0.15) is 10.4 Å². The van der Waals surface area contributed by atoms with Gasteiger partial charge in [-0.1, -0.05) is 0 Å². The van der Waals surface area contributed by atoms with Crippen molar-refractivity contribution in [1.29, 1.82) is 10.7 Å². The minimum absolute atomic E-state index is 0.230. The summed E-state index contributed by atoms with van der Waals surface area (Å²) in [7, 11) is 2.66. The molecule has 8 nitrogen and oxygen atoms in total. The first-order valence-electron chi connectivity index (χ1n) is 5.48. The molecule has 0 saturated heterocycles. The van der Waals surface area contributed by atoms with E-state index < -0.39 is 11.8 Å². The molecule has 0 aliphatic carbocycles. The van der Waals surface area contributed by atoms with Gasteiger partial charge < -0.3 is 15.2 Å². The highest BCUT2D eigenvalue weighted by molar-refractivity contribution is 9.10. The fraction of sp³-hybridized carbons (Fsp3) is 0.167. The number of anilines is 1. The number of carbonyl (C=O) groups excluding carboxylic acids is 1. The molecule has 110 valence electrons. The number of halogens is 1. The second kappa shape index (κ2) is 7.25. The van der Waals surface area contributed by atoms with Crippen LogP contribution in [0.5, 0.6) is 5.75 Å². The number of methoxy groups -OCH3 is 2. The first-order valence-corrected chi connectivity index (χ1v) is 6.28. The van der Waals surface area contributed by atoms with E-state index in [2.05, 4.69) is 31.2 Å². The second-order valence-electron chi connectivity index (χ2n) is 3.62. The maximum atomic E-state index is 11.6. The topological polar surface area (TPSA) is 134 Å². The van der Waals surface area contributed by atoms with E-state index in [1.807, 2.05) is 0 Å². The maximum Gasteiger partial charge on any atom is 0.341 e. The molecule has 4 N–H and O–H groups in total. The average molecular weight is 354 g/mol. The Labute approximate surface area is 129 Å². The van der Waals surface area contributed by atoms with Gasteiger partial charge in [0.2, 0.25) is 5.71 Å². The van der Waals surface area contributed by atoms with Crippen LogP contribution in [0, 0.1) is 16.7 Å². The number of hydrazone groups is 1. The summed E-state index contributed by atoms with van der Waals surface area (Å²) in [6, 6.07) is 4.66. The van der Waals surface area contributed by atoms with Crippen LogP contribution in [-0.2, 0) is 4.74 Å². The highest BCUT2D eigenvalue weighted by Crippen LogP contribution is 2.31. The number of rotatable bonds is 5. The molecule has 1 rings (SSSR count). The Morgan fingerprint density at radius 3 is 2.67 bits per heavy atom. The highest BCUT2D eigenvalue weighted by Gasteiger charge is 2.16. The van der Waals surface area contributed by atoms with Gasteiger partial charge in [0.1, 0.15) is 17.4 Å².